The van der Waals surface area contributed by atoms with E-state index in [1.807, 2.05) is 7.11 Å². The summed E-state index contributed by atoms with van der Waals surface area (Å²) in [6.45, 7) is 12.1. The Balaban J connectivity index is 2.15. The molecule has 1 saturated carbocycles. The molecule has 0 heterocycles. The summed E-state index contributed by atoms with van der Waals surface area (Å²) >= 11 is 0. The van der Waals surface area contributed by atoms with Gasteiger partial charge in [0.1, 0.15) is 5.75 Å². The lowest BCUT2D eigenvalue weighted by molar-refractivity contribution is 0.0406. The van der Waals surface area contributed by atoms with Crippen molar-refractivity contribution in [3.05, 3.63) is 28.8 Å². The van der Waals surface area contributed by atoms with Crippen LogP contribution in [0.25, 0.3) is 0 Å². The molecule has 0 amide bonds. The van der Waals surface area contributed by atoms with Crippen LogP contribution in [0.1, 0.15) is 82.9 Å². The van der Waals surface area contributed by atoms with Gasteiger partial charge in [0.15, 0.2) is 0 Å². The summed E-state index contributed by atoms with van der Waals surface area (Å²) in [7, 11) is 1.81. The molecule has 1 aromatic rings. The molecule has 2 aliphatic carbocycles. The molecule has 0 N–H and O–H groups in total. The van der Waals surface area contributed by atoms with Crippen molar-refractivity contribution in [2.24, 2.45) is 11.3 Å². The van der Waals surface area contributed by atoms with Crippen molar-refractivity contribution in [2.45, 2.75) is 78.1 Å². The van der Waals surface area contributed by atoms with Gasteiger partial charge in [0, 0.05) is 0 Å². The third-order valence-electron chi connectivity index (χ3n) is 6.62. The van der Waals surface area contributed by atoms with Crippen molar-refractivity contribution in [3.63, 3.8) is 0 Å². The van der Waals surface area contributed by atoms with E-state index in [1.165, 1.54) is 43.2 Å². The molecule has 0 spiro atoms. The van der Waals surface area contributed by atoms with Gasteiger partial charge < -0.3 is 4.74 Å². The highest BCUT2D eigenvalue weighted by atomic mass is 16.5. The number of ether oxygens (including phenoxy) is 1. The SMILES string of the molecule is COc1cc2c(cc1C(C)C)[C@@]1(C)CCCC(C)(C)C1CC2. The van der Waals surface area contributed by atoms with Crippen LogP contribution in [0.3, 0.4) is 0 Å². The molecule has 1 aromatic carbocycles. The van der Waals surface area contributed by atoms with E-state index < -0.39 is 0 Å². The lowest BCUT2D eigenvalue weighted by Crippen LogP contribution is -2.47. The van der Waals surface area contributed by atoms with Gasteiger partial charge in [0.25, 0.3) is 0 Å². The molecular formula is C21H32O. The Morgan fingerprint density at radius 2 is 1.86 bits per heavy atom. The van der Waals surface area contributed by atoms with Crippen molar-refractivity contribution in [1.29, 1.82) is 0 Å². The Labute approximate surface area is 136 Å². The Hall–Kier alpha value is -0.980. The first kappa shape index (κ1) is 15.9. The molecule has 2 aliphatic rings. The fourth-order valence-corrected chi connectivity index (χ4v) is 5.46. The van der Waals surface area contributed by atoms with E-state index in [1.54, 1.807) is 5.56 Å². The quantitative estimate of drug-likeness (QED) is 0.666. The minimum Gasteiger partial charge on any atom is -0.496 e. The third kappa shape index (κ3) is 2.28. The van der Waals surface area contributed by atoms with E-state index in [4.69, 9.17) is 4.74 Å². The minimum atomic E-state index is 0.352. The van der Waals surface area contributed by atoms with Crippen molar-refractivity contribution < 1.29 is 4.74 Å². The first-order chi connectivity index (χ1) is 10.3. The van der Waals surface area contributed by atoms with E-state index in [9.17, 15) is 0 Å². The number of benzene rings is 1. The highest BCUT2D eigenvalue weighted by Gasteiger charge is 2.49. The highest BCUT2D eigenvalue weighted by molar-refractivity contribution is 5.49. The molecule has 1 heteroatoms. The van der Waals surface area contributed by atoms with Gasteiger partial charge in [-0.05, 0) is 71.1 Å². The van der Waals surface area contributed by atoms with Gasteiger partial charge in [0.2, 0.25) is 0 Å². The molecule has 0 radical (unpaired) electrons. The van der Waals surface area contributed by atoms with Crippen molar-refractivity contribution in [2.75, 3.05) is 7.11 Å². The second-order valence-corrected chi connectivity index (χ2v) is 8.76. The van der Waals surface area contributed by atoms with E-state index >= 15 is 0 Å². The van der Waals surface area contributed by atoms with Gasteiger partial charge in [-0.3, -0.25) is 0 Å². The molecule has 0 bridgehead atoms. The van der Waals surface area contributed by atoms with Crippen LogP contribution in [-0.4, -0.2) is 7.11 Å². The number of hydrogen-bond acceptors (Lipinski definition) is 1. The highest BCUT2D eigenvalue weighted by Crippen LogP contribution is 2.57. The van der Waals surface area contributed by atoms with Crippen LogP contribution < -0.4 is 4.74 Å². The number of rotatable bonds is 2. The van der Waals surface area contributed by atoms with E-state index in [0.29, 0.717) is 16.7 Å². The first-order valence-corrected chi connectivity index (χ1v) is 9.01. The lowest BCUT2D eigenvalue weighted by Gasteiger charge is -2.54. The lowest BCUT2D eigenvalue weighted by atomic mass is 9.50. The third-order valence-corrected chi connectivity index (χ3v) is 6.62. The van der Waals surface area contributed by atoms with Crippen LogP contribution in [-0.2, 0) is 11.8 Å². The van der Waals surface area contributed by atoms with Crippen molar-refractivity contribution >= 4 is 0 Å². The van der Waals surface area contributed by atoms with E-state index in [-0.39, 0.29) is 0 Å². The second-order valence-electron chi connectivity index (χ2n) is 8.76. The van der Waals surface area contributed by atoms with Gasteiger partial charge in [-0.1, -0.05) is 47.1 Å². The van der Waals surface area contributed by atoms with Crippen molar-refractivity contribution in [1.82, 2.24) is 0 Å². The summed E-state index contributed by atoms with van der Waals surface area (Å²) in [4.78, 5) is 0. The number of methoxy groups -OCH3 is 1. The molecule has 22 heavy (non-hydrogen) atoms. The van der Waals surface area contributed by atoms with E-state index in [2.05, 4.69) is 46.8 Å². The van der Waals surface area contributed by atoms with Crippen LogP contribution in [0.15, 0.2) is 12.1 Å². The Bertz CT molecular complexity index is 570. The van der Waals surface area contributed by atoms with E-state index in [0.717, 1.165) is 11.7 Å². The predicted molar refractivity (Wildman–Crippen MR) is 93.9 cm³/mol. The van der Waals surface area contributed by atoms with Crippen LogP contribution in [0, 0.1) is 11.3 Å². The molecule has 0 aliphatic heterocycles. The molecule has 1 nitrogen and oxygen atoms in total. The summed E-state index contributed by atoms with van der Waals surface area (Å²) < 4.78 is 5.68. The molecule has 122 valence electrons. The van der Waals surface area contributed by atoms with Crippen LogP contribution in [0.4, 0.5) is 0 Å². The fraction of sp³-hybridized carbons (Fsp3) is 0.714. The van der Waals surface area contributed by atoms with Gasteiger partial charge in [-0.2, -0.15) is 0 Å². The zero-order chi connectivity index (χ0) is 16.1. The average molecular weight is 300 g/mol. The standard InChI is InChI=1S/C21H32O/c1-14(2)16-13-17-15(12-18(16)22-6)8-9-19-20(3,4)10-7-11-21(17,19)5/h12-14,19H,7-11H2,1-6H3/t19?,21-/m1/s1. The zero-order valence-corrected chi connectivity index (χ0v) is 15.3. The summed E-state index contributed by atoms with van der Waals surface area (Å²) in [6, 6.07) is 4.83. The number of hydrogen-bond donors (Lipinski definition) is 0. The maximum absolute atomic E-state index is 5.68. The van der Waals surface area contributed by atoms with Crippen LogP contribution >= 0.6 is 0 Å². The van der Waals surface area contributed by atoms with Gasteiger partial charge in [-0.25, -0.2) is 0 Å². The average Bonchev–Trinajstić information content (AvgIpc) is 2.44. The molecular weight excluding hydrogens is 268 g/mol. The Kier molecular flexibility index (Phi) is 3.82. The van der Waals surface area contributed by atoms with Gasteiger partial charge >= 0.3 is 0 Å². The maximum Gasteiger partial charge on any atom is 0.122 e. The molecule has 0 saturated heterocycles. The molecule has 0 aromatic heterocycles. The molecule has 3 rings (SSSR count). The molecule has 1 fully saturated rings. The fourth-order valence-electron chi connectivity index (χ4n) is 5.46. The predicted octanol–water partition coefficient (Wildman–Crippen LogP) is 5.85. The summed E-state index contributed by atoms with van der Waals surface area (Å²) in [5.74, 6) is 2.42. The summed E-state index contributed by atoms with van der Waals surface area (Å²) in [5.41, 5.74) is 5.37. The van der Waals surface area contributed by atoms with Crippen molar-refractivity contribution in [3.8, 4) is 5.75 Å². The van der Waals surface area contributed by atoms with Gasteiger partial charge in [-0.15, -0.1) is 0 Å². The summed E-state index contributed by atoms with van der Waals surface area (Å²) in [5, 5.41) is 0. The Morgan fingerprint density at radius 3 is 2.50 bits per heavy atom. The first-order valence-electron chi connectivity index (χ1n) is 9.01. The van der Waals surface area contributed by atoms with Crippen LogP contribution in [0.5, 0.6) is 5.75 Å². The largest absolute Gasteiger partial charge is 0.496 e. The molecule has 2 atom stereocenters. The second kappa shape index (κ2) is 5.28. The smallest absolute Gasteiger partial charge is 0.122 e. The zero-order valence-electron chi connectivity index (χ0n) is 15.3. The molecule has 1 unspecified atom stereocenters. The minimum absolute atomic E-state index is 0.352. The van der Waals surface area contributed by atoms with Crippen LogP contribution in [0.2, 0.25) is 0 Å². The van der Waals surface area contributed by atoms with Gasteiger partial charge in [0.05, 0.1) is 7.11 Å². The number of fused-ring (bicyclic) bond motifs is 3. The Morgan fingerprint density at radius 1 is 1.14 bits per heavy atom. The maximum atomic E-state index is 5.68. The monoisotopic (exact) mass is 300 g/mol. The normalized spacial score (nSPS) is 29.9. The number of aryl methyl sites for hydroxylation is 1. The topological polar surface area (TPSA) is 9.23 Å². The summed E-state index contributed by atoms with van der Waals surface area (Å²) in [6.07, 6.45) is 6.64.